The highest BCUT2D eigenvalue weighted by atomic mass is 16.5. The van der Waals surface area contributed by atoms with E-state index in [4.69, 9.17) is 39.9 Å². The summed E-state index contributed by atoms with van der Waals surface area (Å²) >= 11 is 0. The van der Waals surface area contributed by atoms with Crippen LogP contribution in [0.2, 0.25) is 0 Å². The molecule has 12 heteroatoms. The van der Waals surface area contributed by atoms with E-state index in [1.807, 2.05) is 0 Å². The number of para-hydroxylation sites is 1. The number of ether oxygens (including phenoxy) is 5. The van der Waals surface area contributed by atoms with Crippen LogP contribution in [-0.2, 0) is 11.3 Å². The Bertz CT molecular complexity index is 1380. The molecule has 3 aromatic rings. The zero-order chi connectivity index (χ0) is 29.2. The van der Waals surface area contributed by atoms with E-state index in [-0.39, 0.29) is 40.9 Å². The van der Waals surface area contributed by atoms with Gasteiger partial charge in [-0.1, -0.05) is 12.1 Å². The van der Waals surface area contributed by atoms with Crippen LogP contribution >= 0.6 is 0 Å². The van der Waals surface area contributed by atoms with E-state index in [0.717, 1.165) is 0 Å². The van der Waals surface area contributed by atoms with Crippen molar-refractivity contribution in [3.63, 3.8) is 0 Å². The third-order valence-corrected chi connectivity index (χ3v) is 5.68. The van der Waals surface area contributed by atoms with Gasteiger partial charge in [0.1, 0.15) is 5.84 Å². The molecule has 0 aliphatic heterocycles. The summed E-state index contributed by atoms with van der Waals surface area (Å²) in [5.41, 5.74) is 7.57. The van der Waals surface area contributed by atoms with E-state index in [2.05, 4.69) is 10.6 Å². The van der Waals surface area contributed by atoms with Crippen molar-refractivity contribution >= 4 is 29.1 Å². The summed E-state index contributed by atoms with van der Waals surface area (Å²) < 4.78 is 27.8. The van der Waals surface area contributed by atoms with E-state index in [1.54, 1.807) is 49.4 Å². The minimum atomic E-state index is -1.14. The van der Waals surface area contributed by atoms with Crippen LogP contribution in [0, 0.1) is 5.41 Å². The lowest BCUT2D eigenvalue weighted by molar-refractivity contribution is -0.139. The molecule has 0 heterocycles. The van der Waals surface area contributed by atoms with Gasteiger partial charge < -0.3 is 45.2 Å². The van der Waals surface area contributed by atoms with Gasteiger partial charge in [0.15, 0.2) is 29.6 Å². The highest BCUT2D eigenvalue weighted by Crippen LogP contribution is 2.46. The Kier molecular flexibility index (Phi) is 10.0. The molecule has 3 aromatic carbocycles. The molecule has 0 saturated heterocycles. The Morgan fingerprint density at radius 3 is 2.20 bits per heavy atom. The Hall–Kier alpha value is -5.13. The molecule has 0 saturated carbocycles. The number of anilines is 2. The summed E-state index contributed by atoms with van der Waals surface area (Å²) in [6, 6.07) is 13.2. The summed E-state index contributed by atoms with van der Waals surface area (Å²) in [5, 5.41) is 22.7. The number of carbonyl (C=O) groups excluding carboxylic acids is 1. The first-order chi connectivity index (χ1) is 19.2. The van der Waals surface area contributed by atoms with Crippen molar-refractivity contribution in [3.8, 4) is 28.7 Å². The molecular formula is C28H32N4O8. The monoisotopic (exact) mass is 552 g/mol. The Balaban J connectivity index is 2.03. The maximum atomic E-state index is 13.5. The highest BCUT2D eigenvalue weighted by Gasteiger charge is 2.25. The summed E-state index contributed by atoms with van der Waals surface area (Å²) in [5.74, 6) is -0.317. The van der Waals surface area contributed by atoms with Crippen molar-refractivity contribution < 1.29 is 38.4 Å². The number of nitrogen functional groups attached to an aromatic ring is 1. The van der Waals surface area contributed by atoms with Gasteiger partial charge in [0.2, 0.25) is 5.75 Å². The van der Waals surface area contributed by atoms with E-state index in [0.29, 0.717) is 34.9 Å². The molecule has 0 bridgehead atoms. The molecule has 0 aromatic heterocycles. The molecule has 40 heavy (non-hydrogen) atoms. The molecule has 1 amide bonds. The lowest BCUT2D eigenvalue weighted by atomic mass is 10.1. The number of carboxylic acids is 1. The van der Waals surface area contributed by atoms with Gasteiger partial charge in [0.05, 0.1) is 39.2 Å². The summed E-state index contributed by atoms with van der Waals surface area (Å²) in [6.45, 7) is 1.70. The van der Waals surface area contributed by atoms with Crippen LogP contribution in [-0.4, -0.2) is 57.4 Å². The number of amidine groups is 1. The topological polar surface area (TPSA) is 174 Å². The van der Waals surface area contributed by atoms with Crippen molar-refractivity contribution in [2.24, 2.45) is 5.73 Å². The maximum absolute atomic E-state index is 13.5. The number of carboxylic acid groups (broad SMARTS) is 1. The minimum Gasteiger partial charge on any atom is -0.493 e. The van der Waals surface area contributed by atoms with Gasteiger partial charge >= 0.3 is 5.97 Å². The van der Waals surface area contributed by atoms with Crippen molar-refractivity contribution in [3.05, 3.63) is 65.2 Å². The number of nitrogens with one attached hydrogen (secondary N) is 3. The largest absolute Gasteiger partial charge is 0.493 e. The van der Waals surface area contributed by atoms with Crippen LogP contribution in [0.1, 0.15) is 28.4 Å². The van der Waals surface area contributed by atoms with Gasteiger partial charge in [-0.15, -0.1) is 0 Å². The maximum Gasteiger partial charge on any atom is 0.341 e. The number of aliphatic carboxylic acids is 1. The van der Waals surface area contributed by atoms with Crippen molar-refractivity contribution in [2.45, 2.75) is 13.5 Å². The summed E-state index contributed by atoms with van der Waals surface area (Å²) in [7, 11) is 4.32. The molecule has 0 aliphatic rings. The highest BCUT2D eigenvalue weighted by molar-refractivity contribution is 6.10. The molecule has 212 valence electrons. The van der Waals surface area contributed by atoms with Crippen molar-refractivity contribution in [1.29, 1.82) is 5.41 Å². The van der Waals surface area contributed by atoms with Crippen molar-refractivity contribution in [1.82, 2.24) is 0 Å². The van der Waals surface area contributed by atoms with E-state index in [1.165, 1.54) is 27.4 Å². The van der Waals surface area contributed by atoms with Crippen molar-refractivity contribution in [2.75, 3.05) is 45.2 Å². The fourth-order valence-corrected chi connectivity index (χ4v) is 3.89. The van der Waals surface area contributed by atoms with Crippen LogP contribution in [0.3, 0.4) is 0 Å². The predicted octanol–water partition coefficient (Wildman–Crippen LogP) is 3.72. The number of hydrogen-bond acceptors (Lipinski definition) is 9. The fraction of sp³-hybridized carbons (Fsp3) is 0.250. The molecule has 6 N–H and O–H groups in total. The third kappa shape index (κ3) is 6.84. The summed E-state index contributed by atoms with van der Waals surface area (Å²) in [4.78, 5) is 24.7. The normalized spacial score (nSPS) is 10.3. The van der Waals surface area contributed by atoms with Gasteiger partial charge in [0.25, 0.3) is 5.91 Å². The zero-order valence-electron chi connectivity index (χ0n) is 22.6. The van der Waals surface area contributed by atoms with Crippen LogP contribution in [0.5, 0.6) is 28.7 Å². The number of amides is 1. The van der Waals surface area contributed by atoms with Gasteiger partial charge in [-0.25, -0.2) is 4.79 Å². The smallest absolute Gasteiger partial charge is 0.341 e. The first-order valence-corrected chi connectivity index (χ1v) is 12.2. The van der Waals surface area contributed by atoms with Crippen LogP contribution in [0.25, 0.3) is 0 Å². The minimum absolute atomic E-state index is 0.0888. The number of hydrogen-bond donors (Lipinski definition) is 5. The quantitative estimate of drug-likeness (QED) is 0.146. The second-order valence-electron chi connectivity index (χ2n) is 8.23. The van der Waals surface area contributed by atoms with Crippen LogP contribution in [0.15, 0.2) is 48.5 Å². The number of nitrogens with two attached hydrogens (primary N) is 1. The van der Waals surface area contributed by atoms with Crippen LogP contribution < -0.4 is 40.1 Å². The number of carbonyl (C=O) groups is 2. The molecule has 0 spiro atoms. The number of benzene rings is 3. The Morgan fingerprint density at radius 1 is 0.925 bits per heavy atom. The van der Waals surface area contributed by atoms with E-state index >= 15 is 0 Å². The van der Waals surface area contributed by atoms with Gasteiger partial charge in [-0.05, 0) is 43.3 Å². The average molecular weight is 553 g/mol. The van der Waals surface area contributed by atoms with E-state index < -0.39 is 18.5 Å². The average Bonchev–Trinajstić information content (AvgIpc) is 2.94. The third-order valence-electron chi connectivity index (χ3n) is 5.68. The van der Waals surface area contributed by atoms with E-state index in [9.17, 15) is 9.59 Å². The Labute approximate surface area is 231 Å². The van der Waals surface area contributed by atoms with Gasteiger partial charge in [-0.3, -0.25) is 10.2 Å². The molecule has 0 unspecified atom stereocenters. The van der Waals surface area contributed by atoms with Gasteiger partial charge in [-0.2, -0.15) is 0 Å². The predicted molar refractivity (Wildman–Crippen MR) is 150 cm³/mol. The fourth-order valence-electron chi connectivity index (χ4n) is 3.89. The molecule has 0 atom stereocenters. The molecule has 0 fully saturated rings. The number of rotatable bonds is 14. The lowest BCUT2D eigenvalue weighted by Gasteiger charge is -2.21. The zero-order valence-corrected chi connectivity index (χ0v) is 22.6. The van der Waals surface area contributed by atoms with Crippen LogP contribution in [0.4, 0.5) is 11.4 Å². The molecule has 0 radical (unpaired) electrons. The first-order valence-electron chi connectivity index (χ1n) is 12.2. The lowest BCUT2D eigenvalue weighted by Crippen LogP contribution is -2.17. The second kappa shape index (κ2) is 13.6. The Morgan fingerprint density at radius 2 is 1.62 bits per heavy atom. The second-order valence-corrected chi connectivity index (χ2v) is 8.23. The SMILES string of the molecule is CCOc1cccc(CNc2c(C(=O)Nc3ccc(C(=N)N)cc3)cc(OC)c(OC)c2OC)c1OCC(=O)O. The first kappa shape index (κ1) is 29.4. The number of methoxy groups -OCH3 is 3. The molecule has 3 rings (SSSR count). The molecular weight excluding hydrogens is 520 g/mol. The van der Waals surface area contributed by atoms with Gasteiger partial charge in [0, 0.05) is 23.4 Å². The standard InChI is InChI=1S/C28H32N4O8/c1-5-39-20-8-6-7-17(24(20)40-15-22(33)34)14-31-23-19(13-21(36-2)25(37-3)26(23)38-4)28(35)32-18-11-9-16(10-12-18)27(29)30/h6-13,31H,5,14-15H2,1-4H3,(H3,29,30)(H,32,35)(H,33,34). The molecule has 0 aliphatic carbocycles. The summed E-state index contributed by atoms with van der Waals surface area (Å²) in [6.07, 6.45) is 0. The molecule has 12 nitrogen and oxygen atoms in total.